The summed E-state index contributed by atoms with van der Waals surface area (Å²) in [4.78, 5) is 0. The normalized spacial score (nSPS) is 16.0. The van der Waals surface area contributed by atoms with E-state index < -0.39 is 25.8 Å². The van der Waals surface area contributed by atoms with Crippen LogP contribution in [0.25, 0.3) is 56.0 Å². The van der Waals surface area contributed by atoms with Crippen LogP contribution in [0.1, 0.15) is 56.2 Å². The molecule has 0 saturated carbocycles. The van der Waals surface area contributed by atoms with Gasteiger partial charge >= 0.3 is 284 Å². The third-order valence-corrected chi connectivity index (χ3v) is 30.0. The first-order valence-electron chi connectivity index (χ1n) is 16.9. The van der Waals surface area contributed by atoms with Crippen LogP contribution in [-0.4, -0.2) is 5.43 Å². The number of rotatable bonds is 6. The molecule has 0 nitrogen and oxygen atoms in total. The SMILES string of the molecule is CCC1=Cc2c(-c3cccc4ccccc34)cccc2[CH]1[Zr]([CH]1C(CC)=Cc2c(-c3cccc4ccccc34)cccc21)=[Si](C)C.Cl.Cl. The van der Waals surface area contributed by atoms with Crippen LogP contribution in [-0.2, 0) is 20.4 Å². The number of fused-ring (bicyclic) bond motifs is 4. The van der Waals surface area contributed by atoms with Gasteiger partial charge in [-0.25, -0.2) is 0 Å². The largest absolute Gasteiger partial charge is 0.147 e. The molecule has 0 radical (unpaired) electrons. The Hall–Kier alpha value is -3.00. The zero-order valence-electron chi connectivity index (χ0n) is 28.1. The molecule has 2 unspecified atom stereocenters. The average molecular weight is 761 g/mol. The summed E-state index contributed by atoms with van der Waals surface area (Å²) in [5, 5.41) is 5.34. The Balaban J connectivity index is 0.00000201. The number of allylic oxidation sites excluding steroid dienone is 2. The topological polar surface area (TPSA) is 0 Å². The van der Waals surface area contributed by atoms with Crippen molar-refractivity contribution in [1.29, 1.82) is 0 Å². The number of hydrogen-bond acceptors (Lipinski definition) is 0. The maximum Gasteiger partial charge on any atom is -0.147 e. The van der Waals surface area contributed by atoms with E-state index in [2.05, 4.69) is 160 Å². The molecule has 2 aliphatic rings. The molecule has 0 aliphatic heterocycles. The van der Waals surface area contributed by atoms with Crippen molar-refractivity contribution in [2.45, 2.75) is 47.0 Å². The van der Waals surface area contributed by atoms with Crippen molar-refractivity contribution in [2.24, 2.45) is 0 Å². The van der Waals surface area contributed by atoms with Gasteiger partial charge < -0.3 is 0 Å². The van der Waals surface area contributed by atoms with E-state index in [0.717, 1.165) is 12.8 Å². The molecule has 0 fully saturated rings. The molecule has 0 N–H and O–H groups in total. The molecule has 0 bridgehead atoms. The molecule has 2 aliphatic carbocycles. The van der Waals surface area contributed by atoms with Gasteiger partial charge in [-0.2, -0.15) is 0 Å². The van der Waals surface area contributed by atoms with Crippen LogP contribution >= 0.6 is 24.8 Å². The summed E-state index contributed by atoms with van der Waals surface area (Å²) in [5.74, 6) is 0. The fraction of sp³-hybridized carbons (Fsp3) is 0.182. The van der Waals surface area contributed by atoms with Crippen LogP contribution in [0, 0.1) is 0 Å². The van der Waals surface area contributed by atoms with Gasteiger partial charge in [0.25, 0.3) is 0 Å². The molecule has 240 valence electrons. The van der Waals surface area contributed by atoms with Crippen molar-refractivity contribution in [3.05, 3.63) is 155 Å². The van der Waals surface area contributed by atoms with Gasteiger partial charge in [-0.15, -0.1) is 24.8 Å². The van der Waals surface area contributed by atoms with Crippen molar-refractivity contribution in [3.63, 3.8) is 0 Å². The van der Waals surface area contributed by atoms with Crippen molar-refractivity contribution in [2.75, 3.05) is 0 Å². The van der Waals surface area contributed by atoms with Gasteiger partial charge in [-0.1, -0.05) is 0 Å². The van der Waals surface area contributed by atoms with Gasteiger partial charge in [0.15, 0.2) is 0 Å². The van der Waals surface area contributed by atoms with E-state index in [9.17, 15) is 0 Å². The molecule has 0 spiro atoms. The van der Waals surface area contributed by atoms with E-state index >= 15 is 0 Å². The molecule has 0 aromatic heterocycles. The second-order valence-corrected chi connectivity index (χ2v) is 31.0. The van der Waals surface area contributed by atoms with E-state index in [-0.39, 0.29) is 24.8 Å². The van der Waals surface area contributed by atoms with E-state index in [1.807, 2.05) is 0 Å². The zero-order chi connectivity index (χ0) is 31.4. The molecular weight excluding hydrogens is 719 g/mol. The Morgan fingerprint density at radius 3 is 1.27 bits per heavy atom. The molecule has 8 rings (SSSR count). The first-order chi connectivity index (χ1) is 22.6. The Kier molecular flexibility index (Phi) is 10.5. The van der Waals surface area contributed by atoms with E-state index in [1.54, 1.807) is 22.3 Å². The van der Waals surface area contributed by atoms with Crippen molar-refractivity contribution >= 4 is 63.9 Å². The Bertz CT molecular complexity index is 2110. The molecule has 0 heterocycles. The predicted octanol–water partition coefficient (Wildman–Crippen LogP) is 13.4. The maximum absolute atomic E-state index is 2.65. The van der Waals surface area contributed by atoms with Gasteiger partial charge in [0.2, 0.25) is 0 Å². The quantitative estimate of drug-likeness (QED) is 0.148. The van der Waals surface area contributed by atoms with Crippen LogP contribution in [0.5, 0.6) is 0 Å². The summed E-state index contributed by atoms with van der Waals surface area (Å²) in [6.07, 6.45) is 7.52. The van der Waals surface area contributed by atoms with Crippen LogP contribution in [0.2, 0.25) is 13.1 Å². The molecule has 48 heavy (non-hydrogen) atoms. The van der Waals surface area contributed by atoms with Gasteiger partial charge in [0.05, 0.1) is 0 Å². The van der Waals surface area contributed by atoms with E-state index in [1.165, 1.54) is 54.9 Å². The van der Waals surface area contributed by atoms with E-state index in [4.69, 9.17) is 0 Å². The summed E-state index contributed by atoms with van der Waals surface area (Å²) in [5.41, 5.74) is 14.6. The molecular formula is C44H42Cl2SiZr. The number of hydrogen-bond donors (Lipinski definition) is 0. The second kappa shape index (κ2) is 14.5. The molecule has 4 heteroatoms. The van der Waals surface area contributed by atoms with Crippen molar-refractivity contribution < 1.29 is 20.4 Å². The zero-order valence-corrected chi connectivity index (χ0v) is 33.2. The Morgan fingerprint density at radius 1 is 0.479 bits per heavy atom. The van der Waals surface area contributed by atoms with Crippen LogP contribution in [0.3, 0.4) is 0 Å². The number of benzene rings is 6. The van der Waals surface area contributed by atoms with Crippen molar-refractivity contribution in [1.82, 2.24) is 0 Å². The predicted molar refractivity (Wildman–Crippen MR) is 213 cm³/mol. The fourth-order valence-electron chi connectivity index (χ4n) is 8.41. The average Bonchev–Trinajstić information content (AvgIpc) is 3.66. The first kappa shape index (κ1) is 34.8. The Labute approximate surface area is 306 Å². The first-order valence-corrected chi connectivity index (χ1v) is 25.9. The third-order valence-electron chi connectivity index (χ3n) is 10.5. The van der Waals surface area contributed by atoms with Crippen molar-refractivity contribution in [3.8, 4) is 22.3 Å². The summed E-state index contributed by atoms with van der Waals surface area (Å²) in [6, 6.07) is 45.8. The molecule has 0 amide bonds. The standard InChI is InChI=1S/2C21H17.C2H6Si.2ClH.Zr/c2*1-2-15-13-17-9-6-12-20(21(17)14-15)19-11-5-8-16-7-3-4-10-18(16)19;1-3-2;;;/h2*3-14H,2H2,1H3;1-2H3;2*1H;. The van der Waals surface area contributed by atoms with Gasteiger partial charge in [0.1, 0.15) is 0 Å². The summed E-state index contributed by atoms with van der Waals surface area (Å²) in [7, 11) is 0. The summed E-state index contributed by atoms with van der Waals surface area (Å²) < 4.78 is 1.27. The minimum absolute atomic E-state index is 0. The minimum atomic E-state index is -2.22. The third kappa shape index (κ3) is 5.74. The number of halogens is 2. The van der Waals surface area contributed by atoms with Crippen LogP contribution in [0.15, 0.2) is 132 Å². The summed E-state index contributed by atoms with van der Waals surface area (Å²) in [6.45, 7) is 10.1. The maximum atomic E-state index is 2.65. The molecule has 2 atom stereocenters. The van der Waals surface area contributed by atoms with Gasteiger partial charge in [0, 0.05) is 0 Å². The second-order valence-electron chi connectivity index (χ2n) is 13.1. The molecule has 6 aromatic rings. The Morgan fingerprint density at radius 2 is 0.854 bits per heavy atom. The molecule has 6 aromatic carbocycles. The summed E-state index contributed by atoms with van der Waals surface area (Å²) >= 11 is -2.22. The van der Waals surface area contributed by atoms with E-state index in [0.29, 0.717) is 7.25 Å². The smallest absolute Gasteiger partial charge is 0.147 e. The fourth-order valence-corrected chi connectivity index (χ4v) is 29.2. The molecule has 0 saturated heterocycles. The van der Waals surface area contributed by atoms with Crippen LogP contribution < -0.4 is 0 Å². The van der Waals surface area contributed by atoms with Gasteiger partial charge in [-0.05, 0) is 0 Å². The van der Waals surface area contributed by atoms with Crippen LogP contribution in [0.4, 0.5) is 0 Å². The van der Waals surface area contributed by atoms with Gasteiger partial charge in [-0.3, -0.25) is 0 Å². The monoisotopic (exact) mass is 758 g/mol. The minimum Gasteiger partial charge on any atom is -0.147 e.